The summed E-state index contributed by atoms with van der Waals surface area (Å²) in [5.74, 6) is 0. The van der Waals surface area contributed by atoms with Gasteiger partial charge in [-0.1, -0.05) is 12.2 Å². The Labute approximate surface area is 63.0 Å². The first-order valence-corrected chi connectivity index (χ1v) is 3.58. The molecule has 1 aliphatic heterocycles. The van der Waals surface area contributed by atoms with Crippen molar-refractivity contribution in [3.05, 3.63) is 24.4 Å². The Kier molecular flexibility index (Phi) is 5.88. The van der Waals surface area contributed by atoms with Gasteiger partial charge in [-0.25, -0.2) is 0 Å². The van der Waals surface area contributed by atoms with Gasteiger partial charge in [-0.05, 0) is 26.2 Å². The summed E-state index contributed by atoms with van der Waals surface area (Å²) >= 11 is 0. The van der Waals surface area contributed by atoms with Crippen LogP contribution in [0.2, 0.25) is 0 Å². The highest BCUT2D eigenvalue weighted by Gasteiger charge is 1.91. The number of nitrogens with two attached hydrogens (primary N) is 1. The van der Waals surface area contributed by atoms with Crippen LogP contribution in [0.4, 0.5) is 0 Å². The Hall–Kier alpha value is -0.760. The normalized spacial score (nSPS) is 14.5. The summed E-state index contributed by atoms with van der Waals surface area (Å²) < 4.78 is 0. The summed E-state index contributed by atoms with van der Waals surface area (Å²) in [5, 5.41) is 0. The van der Waals surface area contributed by atoms with Crippen LogP contribution in [0.15, 0.2) is 24.4 Å². The molecule has 2 heteroatoms. The lowest BCUT2D eigenvalue weighted by Gasteiger charge is -2.16. The number of hydrogen-bond acceptors (Lipinski definition) is 2. The molecule has 0 aromatic heterocycles. The molecule has 0 aromatic rings. The summed E-state index contributed by atoms with van der Waals surface area (Å²) in [6.07, 6.45) is 8.41. The number of likely N-dealkylation sites (N-methyl/N-ethyl adjacent to an activating group) is 1. The van der Waals surface area contributed by atoms with Crippen LogP contribution in [0.25, 0.3) is 0 Å². The highest BCUT2D eigenvalue weighted by atomic mass is 15.1. The van der Waals surface area contributed by atoms with Crippen LogP contribution >= 0.6 is 0 Å². The van der Waals surface area contributed by atoms with E-state index >= 15 is 0 Å². The second kappa shape index (κ2) is 6.36. The molecule has 0 aliphatic carbocycles. The smallest absolute Gasteiger partial charge is 0.0356 e. The average Bonchev–Trinajstić information content (AvgIpc) is 2.10. The number of rotatable bonds is 1. The first-order valence-electron chi connectivity index (χ1n) is 3.58. The van der Waals surface area contributed by atoms with Crippen LogP contribution in [0.3, 0.4) is 0 Å². The molecule has 0 bridgehead atoms. The molecule has 0 aromatic carbocycles. The van der Waals surface area contributed by atoms with Crippen molar-refractivity contribution in [1.29, 1.82) is 0 Å². The van der Waals surface area contributed by atoms with E-state index in [1.165, 1.54) is 7.05 Å². The number of nitrogens with zero attached hydrogens (tertiary/aromatic N) is 1. The third-order valence-corrected chi connectivity index (χ3v) is 1.29. The van der Waals surface area contributed by atoms with Crippen LogP contribution in [-0.2, 0) is 0 Å². The molecule has 10 heavy (non-hydrogen) atoms. The van der Waals surface area contributed by atoms with Crippen LogP contribution in [-0.4, -0.2) is 25.0 Å². The maximum absolute atomic E-state index is 4.50. The van der Waals surface area contributed by atoms with E-state index in [9.17, 15) is 0 Å². The standard InChI is InChI=1S/C7H11N.CH5N/c1-2-8-6-4-3-5-7-8;1-2/h3-6H,2,7H2,1H3;2H2,1H3. The summed E-state index contributed by atoms with van der Waals surface area (Å²) in [4.78, 5) is 2.25. The topological polar surface area (TPSA) is 29.3 Å². The first kappa shape index (κ1) is 9.24. The molecule has 0 atom stereocenters. The van der Waals surface area contributed by atoms with Gasteiger partial charge in [0, 0.05) is 13.1 Å². The van der Waals surface area contributed by atoms with Crippen molar-refractivity contribution < 1.29 is 0 Å². The minimum Gasteiger partial charge on any atom is -0.374 e. The van der Waals surface area contributed by atoms with Gasteiger partial charge in [-0.3, -0.25) is 0 Å². The highest BCUT2D eigenvalue weighted by molar-refractivity contribution is 5.08. The van der Waals surface area contributed by atoms with Crippen molar-refractivity contribution in [2.75, 3.05) is 20.1 Å². The molecule has 0 fully saturated rings. The minimum absolute atomic E-state index is 1.08. The van der Waals surface area contributed by atoms with Crippen LogP contribution in [0, 0.1) is 0 Å². The van der Waals surface area contributed by atoms with Crippen molar-refractivity contribution in [1.82, 2.24) is 4.90 Å². The number of hydrogen-bond donors (Lipinski definition) is 1. The molecule has 0 saturated heterocycles. The van der Waals surface area contributed by atoms with Crippen molar-refractivity contribution in [3.8, 4) is 0 Å². The second-order valence-corrected chi connectivity index (χ2v) is 1.86. The van der Waals surface area contributed by atoms with E-state index < -0.39 is 0 Å². The summed E-state index contributed by atoms with van der Waals surface area (Å²) in [6, 6.07) is 0. The minimum atomic E-state index is 1.08. The fourth-order valence-corrected chi connectivity index (χ4v) is 0.742. The van der Waals surface area contributed by atoms with Gasteiger partial charge < -0.3 is 10.6 Å². The van der Waals surface area contributed by atoms with Gasteiger partial charge in [-0.2, -0.15) is 0 Å². The lowest BCUT2D eigenvalue weighted by atomic mass is 10.3. The fourth-order valence-electron chi connectivity index (χ4n) is 0.742. The molecular formula is C8H16N2. The third kappa shape index (κ3) is 3.30. The predicted octanol–water partition coefficient (Wildman–Crippen LogP) is 0.967. The predicted molar refractivity (Wildman–Crippen MR) is 45.6 cm³/mol. The fraction of sp³-hybridized carbons (Fsp3) is 0.500. The molecule has 1 aliphatic rings. The van der Waals surface area contributed by atoms with Gasteiger partial charge in [0.2, 0.25) is 0 Å². The zero-order chi connectivity index (χ0) is 7.82. The van der Waals surface area contributed by atoms with Crippen molar-refractivity contribution >= 4 is 0 Å². The van der Waals surface area contributed by atoms with Gasteiger partial charge in [0.1, 0.15) is 0 Å². The molecule has 2 nitrogen and oxygen atoms in total. The molecule has 2 N–H and O–H groups in total. The zero-order valence-corrected chi connectivity index (χ0v) is 6.75. The van der Waals surface area contributed by atoms with Crippen molar-refractivity contribution in [2.24, 2.45) is 5.73 Å². The van der Waals surface area contributed by atoms with Gasteiger partial charge in [0.15, 0.2) is 0 Å². The molecule has 0 radical (unpaired) electrons. The van der Waals surface area contributed by atoms with Crippen LogP contribution in [0.1, 0.15) is 6.92 Å². The molecule has 1 heterocycles. The van der Waals surface area contributed by atoms with Crippen molar-refractivity contribution in [3.63, 3.8) is 0 Å². The van der Waals surface area contributed by atoms with Crippen LogP contribution in [0.5, 0.6) is 0 Å². The van der Waals surface area contributed by atoms with E-state index in [2.05, 4.69) is 42.0 Å². The summed E-state index contributed by atoms with van der Waals surface area (Å²) in [5.41, 5.74) is 4.50. The quantitative estimate of drug-likeness (QED) is 0.588. The van der Waals surface area contributed by atoms with E-state index in [-0.39, 0.29) is 0 Å². The lowest BCUT2D eigenvalue weighted by Crippen LogP contribution is -2.17. The molecule has 0 spiro atoms. The Morgan fingerprint density at radius 3 is 2.40 bits per heavy atom. The zero-order valence-electron chi connectivity index (χ0n) is 6.75. The number of allylic oxidation sites excluding steroid dienone is 2. The molecular weight excluding hydrogens is 124 g/mol. The van der Waals surface area contributed by atoms with Gasteiger partial charge in [0.05, 0.1) is 0 Å². The largest absolute Gasteiger partial charge is 0.374 e. The van der Waals surface area contributed by atoms with Crippen LogP contribution < -0.4 is 5.73 Å². The molecule has 58 valence electrons. The Morgan fingerprint density at radius 2 is 2.10 bits per heavy atom. The maximum Gasteiger partial charge on any atom is 0.0356 e. The lowest BCUT2D eigenvalue weighted by molar-refractivity contribution is 0.436. The highest BCUT2D eigenvalue weighted by Crippen LogP contribution is 1.95. The van der Waals surface area contributed by atoms with Gasteiger partial charge >= 0.3 is 0 Å². The Morgan fingerprint density at radius 1 is 1.40 bits per heavy atom. The van der Waals surface area contributed by atoms with E-state index in [1.807, 2.05) is 0 Å². The molecule has 0 amide bonds. The molecule has 0 saturated carbocycles. The maximum atomic E-state index is 4.50. The van der Waals surface area contributed by atoms with Gasteiger partial charge in [-0.15, -0.1) is 0 Å². The third-order valence-electron chi connectivity index (χ3n) is 1.29. The van der Waals surface area contributed by atoms with E-state index in [4.69, 9.17) is 0 Å². The van der Waals surface area contributed by atoms with Crippen molar-refractivity contribution in [2.45, 2.75) is 6.92 Å². The van der Waals surface area contributed by atoms with E-state index in [1.54, 1.807) is 0 Å². The Balaban J connectivity index is 0.000000371. The second-order valence-electron chi connectivity index (χ2n) is 1.86. The van der Waals surface area contributed by atoms with Gasteiger partial charge in [0.25, 0.3) is 0 Å². The average molecular weight is 140 g/mol. The summed E-state index contributed by atoms with van der Waals surface area (Å²) in [6.45, 7) is 4.34. The SMILES string of the molecule is CCN1C=CC=CC1.CN. The Bertz CT molecular complexity index is 116. The first-order chi connectivity index (χ1) is 4.93. The van der Waals surface area contributed by atoms with E-state index in [0.29, 0.717) is 0 Å². The molecule has 0 unspecified atom stereocenters. The molecule has 1 rings (SSSR count). The van der Waals surface area contributed by atoms with E-state index in [0.717, 1.165) is 13.1 Å². The monoisotopic (exact) mass is 140 g/mol. The summed E-state index contributed by atoms with van der Waals surface area (Å²) in [7, 11) is 1.50.